The zero-order chi connectivity index (χ0) is 41.7. The van der Waals surface area contributed by atoms with E-state index in [2.05, 4.69) is 59.2 Å². The van der Waals surface area contributed by atoms with Crippen molar-refractivity contribution >= 4 is 177 Å². The highest BCUT2D eigenvalue weighted by molar-refractivity contribution is 6.70. The lowest BCUT2D eigenvalue weighted by Gasteiger charge is -2.22. The van der Waals surface area contributed by atoms with Gasteiger partial charge in [0.05, 0.1) is 11.0 Å². The first-order valence-corrected chi connectivity index (χ1v) is 18.8. The number of hydrogen-bond donors (Lipinski definition) is 0. The lowest BCUT2D eigenvalue weighted by Crippen LogP contribution is -2.55. The summed E-state index contributed by atoms with van der Waals surface area (Å²) in [6, 6.07) is 36.8. The minimum atomic E-state index is 0.00429. The fraction of sp³-hybridized carbons (Fsp3) is 0. The lowest BCUT2D eigenvalue weighted by atomic mass is 9.60. The van der Waals surface area contributed by atoms with Crippen LogP contribution in [-0.4, -0.2) is 98.0 Å². The molecule has 254 valence electrons. The average molecular weight is 739 g/mol. The molecule has 0 spiro atoms. The highest BCUT2D eigenvalue weighted by Gasteiger charge is 2.24. The molecular weight excluding hydrogens is 721 g/mol. The van der Waals surface area contributed by atoms with Gasteiger partial charge in [0.2, 0.25) is 0 Å². The largest absolute Gasteiger partial charge is 0.455 e. The molecule has 7 aromatic carbocycles. The van der Waals surface area contributed by atoms with E-state index >= 15 is 0 Å². The summed E-state index contributed by atoms with van der Waals surface area (Å²) >= 11 is 0. The van der Waals surface area contributed by atoms with Crippen LogP contribution in [-0.2, 0) is 0 Å². The van der Waals surface area contributed by atoms with Gasteiger partial charge in [0, 0.05) is 49.5 Å². The number of hydrogen-bond acceptors (Lipinski definition) is 4. The van der Waals surface area contributed by atoms with Gasteiger partial charge in [-0.25, -0.2) is 15.0 Å². The third kappa shape index (κ3) is 5.65. The van der Waals surface area contributed by atoms with Gasteiger partial charge < -0.3 is 8.98 Å². The summed E-state index contributed by atoms with van der Waals surface area (Å²) in [7, 11) is 63.7. The van der Waals surface area contributed by atoms with Crippen LogP contribution in [0.1, 0.15) is 0 Å². The van der Waals surface area contributed by atoms with E-state index in [9.17, 15) is 0 Å². The van der Waals surface area contributed by atoms with Crippen molar-refractivity contribution < 1.29 is 4.42 Å². The van der Waals surface area contributed by atoms with Crippen LogP contribution in [0.3, 0.4) is 0 Å². The summed E-state index contributed by atoms with van der Waals surface area (Å²) in [4.78, 5) is 14.6. The van der Waals surface area contributed by atoms with E-state index in [0.29, 0.717) is 16.7 Å². The molecule has 5 nitrogen and oxygen atoms in total. The molecule has 0 bridgehead atoms. The Bertz CT molecular complexity index is 3310. The van der Waals surface area contributed by atoms with Gasteiger partial charge in [-0.05, 0) is 42.0 Å². The summed E-state index contributed by atoms with van der Waals surface area (Å²) in [6.45, 7) is 0. The van der Waals surface area contributed by atoms with Gasteiger partial charge in [0.1, 0.15) is 89.6 Å². The van der Waals surface area contributed by atoms with Crippen LogP contribution in [0, 0.1) is 0 Å². The molecule has 0 aliphatic heterocycles. The van der Waals surface area contributed by atoms with Gasteiger partial charge in [0.25, 0.3) is 0 Å². The first-order chi connectivity index (χ1) is 28.9. The van der Waals surface area contributed by atoms with E-state index in [0.717, 1.165) is 49.4 Å². The maximum absolute atomic E-state index is 6.72. The van der Waals surface area contributed by atoms with E-state index in [4.69, 9.17) is 97.8 Å². The quantitative estimate of drug-likeness (QED) is 0.223. The Hall–Kier alpha value is -6.20. The molecular formula is C45H18B10N4O. The zero-order valence-corrected chi connectivity index (χ0v) is 31.9. The third-order valence-corrected chi connectivity index (χ3v) is 11.2. The summed E-state index contributed by atoms with van der Waals surface area (Å²) in [5, 5.41) is 3.79. The van der Waals surface area contributed by atoms with Gasteiger partial charge in [0.15, 0.2) is 17.5 Å². The molecule has 20 radical (unpaired) electrons. The molecule has 0 fully saturated rings. The van der Waals surface area contributed by atoms with Crippen molar-refractivity contribution in [1.82, 2.24) is 19.5 Å². The van der Waals surface area contributed by atoms with Crippen molar-refractivity contribution in [3.05, 3.63) is 109 Å². The van der Waals surface area contributed by atoms with Gasteiger partial charge in [-0.15, -0.1) is 32.8 Å². The van der Waals surface area contributed by atoms with E-state index < -0.39 is 0 Å². The first kappa shape index (κ1) is 38.0. The smallest absolute Gasteiger partial charge is 0.164 e. The molecule has 15 heteroatoms. The Morgan fingerprint density at radius 2 is 0.900 bits per heavy atom. The Balaban J connectivity index is 1.22. The molecule has 10 rings (SSSR count). The fourth-order valence-electron chi connectivity index (χ4n) is 8.16. The first-order valence-electron chi connectivity index (χ1n) is 18.8. The molecule has 0 saturated carbocycles. The average Bonchev–Trinajstić information content (AvgIpc) is 3.82. The van der Waals surface area contributed by atoms with Crippen molar-refractivity contribution in [2.75, 3.05) is 0 Å². The highest BCUT2D eigenvalue weighted by Crippen LogP contribution is 2.42. The summed E-state index contributed by atoms with van der Waals surface area (Å²) < 4.78 is 9.00. The maximum Gasteiger partial charge on any atom is 0.164 e. The molecule has 0 aliphatic carbocycles. The normalized spacial score (nSPS) is 11.7. The van der Waals surface area contributed by atoms with E-state index in [1.807, 2.05) is 54.6 Å². The van der Waals surface area contributed by atoms with E-state index in [1.165, 1.54) is 0 Å². The van der Waals surface area contributed by atoms with Crippen molar-refractivity contribution in [3.63, 3.8) is 0 Å². The van der Waals surface area contributed by atoms with Crippen LogP contribution >= 0.6 is 0 Å². The summed E-state index contributed by atoms with van der Waals surface area (Å²) in [5.74, 6) is 0.193. The van der Waals surface area contributed by atoms with Crippen LogP contribution in [0.15, 0.2) is 114 Å². The monoisotopic (exact) mass is 740 g/mol. The number of aromatic nitrogens is 4. The second-order valence-corrected chi connectivity index (χ2v) is 14.6. The van der Waals surface area contributed by atoms with Crippen molar-refractivity contribution in [1.29, 1.82) is 0 Å². The van der Waals surface area contributed by atoms with Crippen molar-refractivity contribution in [2.45, 2.75) is 0 Å². The SMILES string of the molecule is [B]c1c([B])c([B])c(-c2nc(-c3c([B])c([B])c([B])c([B])c3[B])nc(-c3cccc4oc5c(-c6ccc7c(c6)c6ccccc6n7-c6ccccc6)cccc5c34)n2)c([B])c1[B]. The molecule has 10 aromatic rings. The van der Waals surface area contributed by atoms with Crippen LogP contribution in [0.5, 0.6) is 0 Å². The van der Waals surface area contributed by atoms with Gasteiger partial charge in [-0.3, -0.25) is 0 Å². The minimum Gasteiger partial charge on any atom is -0.455 e. The fourth-order valence-corrected chi connectivity index (χ4v) is 8.16. The standard InChI is InChI=1S/C45H18B10N4O/c46-32-30(33(47)37(51)40(54)36(32)50)44-56-43(57-45(58-44)31-34(48)38(52)41(55)39(53)35(31)49)24-13-7-15-28-29(24)23-12-6-11-21(42(23)60-28)19-16-17-27-25(18-19)22-10-4-5-14-26(22)59(27)20-8-2-1-3-9-20/h1-18H. The van der Waals surface area contributed by atoms with Crippen LogP contribution < -0.4 is 54.6 Å². The highest BCUT2D eigenvalue weighted by atomic mass is 16.3. The maximum atomic E-state index is 6.72. The Kier molecular flexibility index (Phi) is 9.02. The van der Waals surface area contributed by atoms with Crippen LogP contribution in [0.2, 0.25) is 0 Å². The van der Waals surface area contributed by atoms with Crippen LogP contribution in [0.25, 0.3) is 94.7 Å². The molecule has 0 saturated heterocycles. The third-order valence-electron chi connectivity index (χ3n) is 11.2. The molecule has 0 aliphatic rings. The predicted octanol–water partition coefficient (Wildman–Crippen LogP) is -0.526. The number of fused-ring (bicyclic) bond motifs is 6. The Morgan fingerprint density at radius 3 is 1.53 bits per heavy atom. The number of benzene rings is 7. The molecule has 0 unspecified atom stereocenters. The van der Waals surface area contributed by atoms with Crippen LogP contribution in [0.4, 0.5) is 0 Å². The van der Waals surface area contributed by atoms with Gasteiger partial charge in [-0.2, -0.15) is 0 Å². The number of furan rings is 1. The molecule has 0 N–H and O–H groups in total. The molecule has 60 heavy (non-hydrogen) atoms. The number of rotatable bonds is 5. The van der Waals surface area contributed by atoms with Gasteiger partial charge in [-0.1, -0.05) is 94.6 Å². The zero-order valence-electron chi connectivity index (χ0n) is 31.9. The van der Waals surface area contributed by atoms with Gasteiger partial charge >= 0.3 is 0 Å². The summed E-state index contributed by atoms with van der Waals surface area (Å²) in [6.07, 6.45) is 0. The molecule has 0 atom stereocenters. The Morgan fingerprint density at radius 1 is 0.400 bits per heavy atom. The van der Waals surface area contributed by atoms with E-state index in [-0.39, 0.29) is 83.2 Å². The Labute approximate surface area is 359 Å². The number of nitrogens with zero attached hydrogens (tertiary/aromatic N) is 4. The predicted molar refractivity (Wildman–Crippen MR) is 257 cm³/mol. The minimum absolute atomic E-state index is 0.00429. The number of para-hydroxylation sites is 3. The lowest BCUT2D eigenvalue weighted by molar-refractivity contribution is 0.670. The van der Waals surface area contributed by atoms with Crippen molar-refractivity contribution in [3.8, 4) is 51.0 Å². The second-order valence-electron chi connectivity index (χ2n) is 14.6. The molecule has 3 heterocycles. The second kappa shape index (κ2) is 14.2. The molecule has 3 aromatic heterocycles. The summed E-state index contributed by atoms with van der Waals surface area (Å²) in [5.41, 5.74) is 7.41. The molecule has 0 amide bonds. The van der Waals surface area contributed by atoms with E-state index in [1.54, 1.807) is 0 Å². The van der Waals surface area contributed by atoms with Crippen molar-refractivity contribution in [2.24, 2.45) is 0 Å². The topological polar surface area (TPSA) is 56.7 Å².